The Kier molecular flexibility index (Phi) is 16.4. The van der Waals surface area contributed by atoms with Gasteiger partial charge in [0.15, 0.2) is 0 Å². The number of anilines is 2. The quantitative estimate of drug-likeness (QED) is 0.0888. The highest BCUT2D eigenvalue weighted by Crippen LogP contribution is 2.38. The molecule has 0 bridgehead atoms. The number of nitrogens with one attached hydrogen (secondary N) is 1. The monoisotopic (exact) mass is 1260 g/mol. The zero-order chi connectivity index (χ0) is 63.6. The number of nitrogens with zero attached hydrogens (tertiary/aromatic N) is 8. The van der Waals surface area contributed by atoms with E-state index in [1.807, 2.05) is 24.9 Å². The number of amidine groups is 1. The fourth-order valence-corrected chi connectivity index (χ4v) is 15.1. The third-order valence-electron chi connectivity index (χ3n) is 15.7. The molecule has 3 aliphatic heterocycles. The van der Waals surface area contributed by atoms with Gasteiger partial charge in [0.25, 0.3) is 20.0 Å². The summed E-state index contributed by atoms with van der Waals surface area (Å²) in [5, 5.41) is 32.6. The third kappa shape index (κ3) is 11.8. The number of carbonyl (C=O) groups is 3. The van der Waals surface area contributed by atoms with E-state index in [1.54, 1.807) is 89.1 Å². The molecular weight excluding hydrogens is 1200 g/mol. The highest BCUT2D eigenvalue weighted by atomic mass is 32.2. The van der Waals surface area contributed by atoms with Crippen molar-refractivity contribution in [2.75, 3.05) is 38.0 Å². The van der Waals surface area contributed by atoms with Crippen molar-refractivity contribution in [3.05, 3.63) is 177 Å². The Labute approximate surface area is 503 Å². The average molecular weight is 1260 g/mol. The van der Waals surface area contributed by atoms with Crippen LogP contribution in [-0.2, 0) is 83.4 Å². The van der Waals surface area contributed by atoms with Gasteiger partial charge < -0.3 is 39.2 Å². The lowest BCUT2D eigenvalue weighted by Gasteiger charge is -2.33. The molecule has 0 fully saturated rings. The Bertz CT molecular complexity index is 4850. The van der Waals surface area contributed by atoms with Gasteiger partial charge in [-0.1, -0.05) is 18.2 Å². The van der Waals surface area contributed by atoms with Crippen molar-refractivity contribution >= 4 is 110 Å². The van der Waals surface area contributed by atoms with Crippen molar-refractivity contribution < 1.29 is 68.1 Å². The summed E-state index contributed by atoms with van der Waals surface area (Å²) in [7, 11) is -6.08. The van der Waals surface area contributed by atoms with Crippen molar-refractivity contribution in [3.8, 4) is 0 Å². The minimum absolute atomic E-state index is 0.0999. The number of benzene rings is 6. The fraction of sp³-hybridized carbons (Fsp3) is 0.230. The number of hydrogen-bond donors (Lipinski definition) is 4. The van der Waals surface area contributed by atoms with E-state index in [4.69, 9.17) is 0 Å². The zero-order valence-corrected chi connectivity index (χ0v) is 50.8. The molecule has 4 N–H and O–H groups in total. The summed E-state index contributed by atoms with van der Waals surface area (Å²) in [4.78, 5) is 40.4. The second-order valence-corrected chi connectivity index (χ2v) is 27.1. The maximum Gasteiger partial charge on any atom is 0.323 e. The number of aliphatic imine (C=N–C) groups is 1. The predicted octanol–water partition coefficient (Wildman–Crippen LogP) is 9.15. The van der Waals surface area contributed by atoms with Crippen LogP contribution in [0.5, 0.6) is 0 Å². The number of aliphatic carboxylic acids is 3. The maximum atomic E-state index is 14.0. The van der Waals surface area contributed by atoms with Crippen molar-refractivity contribution in [2.45, 2.75) is 81.3 Å². The molecule has 0 saturated carbocycles. The van der Waals surface area contributed by atoms with Crippen molar-refractivity contribution in [2.24, 2.45) is 9.39 Å². The first-order valence-electron chi connectivity index (χ1n) is 27.1. The van der Waals surface area contributed by atoms with E-state index in [1.165, 1.54) is 73.3 Å². The van der Waals surface area contributed by atoms with E-state index in [0.29, 0.717) is 69.0 Å². The minimum Gasteiger partial charge on any atom is -0.480 e. The van der Waals surface area contributed by atoms with E-state index >= 15 is 0 Å². The van der Waals surface area contributed by atoms with Crippen molar-refractivity contribution in [3.63, 3.8) is 0 Å². The number of halogens is 3. The van der Waals surface area contributed by atoms with Gasteiger partial charge in [-0.25, -0.2) is 35.0 Å². The Balaban J connectivity index is 0.000000146. The second kappa shape index (κ2) is 23.4. The summed E-state index contributed by atoms with van der Waals surface area (Å²) in [6, 6.07) is 27.9. The standard InChI is InChI=1S/C21H22FN3O4S.2C20H18FN3O4S/c1-13-16(17-10-15(22)5-6-18(17)25(13)11-21(26)27)8-14-4-7-20-19(9-14)23(2)12-24(3)30(20,28)29;1-12-15(16-9-14(21)4-5-18(16)24(12)10-20(25)26)7-13-3-6-19-17(8-13)22-11-23(2)29(19,27)28;1-11-15(16-9-14(21)4-5-18(16)24(11)10-20(25)26)7-13-3-6-19-17(8-13)22-12(2)23-29(19,27)28/h4-7,9-10H,8,11-12H2,1-3H3,(H,26,27);3-6,8-9,11H,7,10H2,1-2H3,(H,25,26);3-6,8-9H,7,10H2,1-2H3,(H,22,23)(H,25,26). The van der Waals surface area contributed by atoms with Crippen LogP contribution in [0.3, 0.4) is 0 Å². The minimum atomic E-state index is -3.73. The normalized spacial score (nSPS) is 15.3. The van der Waals surface area contributed by atoms with Gasteiger partial charge in [-0.3, -0.25) is 18.7 Å². The van der Waals surface area contributed by atoms with E-state index in [2.05, 4.69) is 14.7 Å². The highest BCUT2D eigenvalue weighted by molar-refractivity contribution is 7.90. The zero-order valence-electron chi connectivity index (χ0n) is 48.4. The van der Waals surface area contributed by atoms with E-state index in [9.17, 15) is 68.1 Å². The molecule has 0 amide bonds. The molecule has 0 atom stereocenters. The van der Waals surface area contributed by atoms with Gasteiger partial charge in [0.2, 0.25) is 10.0 Å². The molecule has 6 heterocycles. The largest absolute Gasteiger partial charge is 0.480 e. The molecule has 21 nitrogen and oxygen atoms in total. The molecule has 3 aliphatic rings. The molecule has 0 radical (unpaired) electrons. The summed E-state index contributed by atoms with van der Waals surface area (Å²) >= 11 is 0. The van der Waals surface area contributed by atoms with Crippen LogP contribution in [-0.4, -0.2) is 121 Å². The number of aromatic nitrogens is 3. The molecule has 27 heteroatoms. The number of sulfonamides is 3. The van der Waals surface area contributed by atoms with Crippen LogP contribution in [0.1, 0.15) is 57.4 Å². The second-order valence-electron chi connectivity index (χ2n) is 21.6. The lowest BCUT2D eigenvalue weighted by atomic mass is 10.0. The third-order valence-corrected chi connectivity index (χ3v) is 20.8. The van der Waals surface area contributed by atoms with Crippen LogP contribution in [0.4, 0.5) is 30.2 Å². The molecule has 0 saturated heterocycles. The van der Waals surface area contributed by atoms with Gasteiger partial charge in [0, 0.05) is 70.9 Å². The first kappa shape index (κ1) is 61.8. The first-order valence-corrected chi connectivity index (χ1v) is 31.4. The SMILES string of the molecule is CC1=NS(=O)(=O)c2ccc(Cc3c(C)n(CC(=O)O)c4ccc(F)cc34)cc2N1.Cc1c(Cc2ccc3c(c2)N(C)CN(C)S3(=O)=O)c2cc(F)ccc2n1CC(=O)O.Cc1c(Cc2ccc3c(c2)N=CN(C)S3(=O)=O)c2cc(F)ccc2n1CC(=O)O. The summed E-state index contributed by atoms with van der Waals surface area (Å²) < 4.78 is 127. The van der Waals surface area contributed by atoms with Crippen LogP contribution >= 0.6 is 0 Å². The van der Waals surface area contributed by atoms with Gasteiger partial charge in [0.05, 0.1) is 23.7 Å². The smallest absolute Gasteiger partial charge is 0.323 e. The van der Waals surface area contributed by atoms with Gasteiger partial charge in [-0.2, -0.15) is 12.7 Å². The van der Waals surface area contributed by atoms with Crippen LogP contribution in [0, 0.1) is 38.2 Å². The van der Waals surface area contributed by atoms with Crippen molar-refractivity contribution in [1.82, 2.24) is 22.3 Å². The van der Waals surface area contributed by atoms with Crippen LogP contribution in [0.2, 0.25) is 0 Å². The number of rotatable bonds is 12. The average Bonchev–Trinajstić information content (AvgIpc) is 4.13. The van der Waals surface area contributed by atoms with E-state index in [-0.39, 0.29) is 46.8 Å². The fourth-order valence-electron chi connectivity index (χ4n) is 11.5. The first-order chi connectivity index (χ1) is 41.4. The molecule has 0 aliphatic carbocycles. The molecule has 0 spiro atoms. The topological polar surface area (TPSA) is 276 Å². The van der Waals surface area contributed by atoms with Crippen LogP contribution in [0.15, 0.2) is 133 Å². The summed E-state index contributed by atoms with van der Waals surface area (Å²) in [5.74, 6) is -3.87. The lowest BCUT2D eigenvalue weighted by molar-refractivity contribution is -0.138. The number of fused-ring (bicyclic) bond motifs is 6. The van der Waals surface area contributed by atoms with E-state index in [0.717, 1.165) is 54.8 Å². The van der Waals surface area contributed by atoms with Gasteiger partial charge >= 0.3 is 17.9 Å². The predicted molar refractivity (Wildman–Crippen MR) is 326 cm³/mol. The van der Waals surface area contributed by atoms with E-state index < -0.39 is 65.4 Å². The molecule has 6 aromatic carbocycles. The van der Waals surface area contributed by atoms with Gasteiger partial charge in [0.1, 0.15) is 63.9 Å². The number of hydrogen-bond acceptors (Lipinski definition) is 12. The summed E-state index contributed by atoms with van der Waals surface area (Å²) in [5.41, 5.74) is 10.4. The Morgan fingerprint density at radius 3 is 1.38 bits per heavy atom. The van der Waals surface area contributed by atoms with Crippen molar-refractivity contribution in [1.29, 1.82) is 0 Å². The molecule has 458 valence electrons. The maximum absolute atomic E-state index is 14.0. The molecule has 9 aromatic rings. The number of carboxylic acid groups (broad SMARTS) is 3. The van der Waals surface area contributed by atoms with Crippen LogP contribution in [0.25, 0.3) is 32.7 Å². The van der Waals surface area contributed by atoms with Gasteiger partial charge in [-0.05, 0) is 171 Å². The molecular formula is C61H58F3N9O12S3. The number of carboxylic acids is 3. The van der Waals surface area contributed by atoms with Crippen LogP contribution < -0.4 is 10.2 Å². The Morgan fingerprint density at radius 1 is 0.523 bits per heavy atom. The Hall–Kier alpha value is -9.31. The molecule has 3 aromatic heterocycles. The summed E-state index contributed by atoms with van der Waals surface area (Å²) in [6.07, 6.45) is 2.46. The molecule has 88 heavy (non-hydrogen) atoms. The molecule has 0 unspecified atom stereocenters. The Morgan fingerprint density at radius 2 is 0.932 bits per heavy atom. The van der Waals surface area contributed by atoms with Gasteiger partial charge in [-0.15, -0.1) is 4.40 Å². The summed E-state index contributed by atoms with van der Waals surface area (Å²) in [6.45, 7) is 6.56. The molecule has 12 rings (SSSR count). The highest BCUT2D eigenvalue weighted by Gasteiger charge is 2.33. The lowest BCUT2D eigenvalue weighted by Crippen LogP contribution is -2.42.